The third-order valence-electron chi connectivity index (χ3n) is 4.92. The minimum Gasteiger partial charge on any atom is -0.480 e. The van der Waals surface area contributed by atoms with Gasteiger partial charge in [-0.05, 0) is 37.3 Å². The number of pyridine rings is 1. The Morgan fingerprint density at radius 2 is 1.92 bits per heavy atom. The van der Waals surface area contributed by atoms with Crippen molar-refractivity contribution >= 4 is 16.0 Å². The average molecular weight is 378 g/mol. The van der Waals surface area contributed by atoms with Crippen molar-refractivity contribution in [2.75, 3.05) is 0 Å². The van der Waals surface area contributed by atoms with Crippen LogP contribution in [-0.4, -0.2) is 40.9 Å². The van der Waals surface area contributed by atoms with E-state index in [0.29, 0.717) is 18.7 Å². The van der Waals surface area contributed by atoms with E-state index in [2.05, 4.69) is 4.98 Å². The second kappa shape index (κ2) is 6.24. The molecule has 1 aliphatic heterocycles. The van der Waals surface area contributed by atoms with Crippen LogP contribution in [0.1, 0.15) is 37.7 Å². The van der Waals surface area contributed by atoms with Crippen LogP contribution in [0.4, 0.5) is 13.2 Å². The molecule has 1 aromatic rings. The number of aromatic nitrogens is 1. The summed E-state index contributed by atoms with van der Waals surface area (Å²) < 4.78 is 64.6. The van der Waals surface area contributed by atoms with Crippen molar-refractivity contribution in [3.05, 3.63) is 23.9 Å². The highest BCUT2D eigenvalue weighted by molar-refractivity contribution is 7.89. The van der Waals surface area contributed by atoms with E-state index >= 15 is 0 Å². The van der Waals surface area contributed by atoms with E-state index in [1.807, 2.05) is 0 Å². The predicted molar refractivity (Wildman–Crippen MR) is 80.1 cm³/mol. The van der Waals surface area contributed by atoms with Crippen LogP contribution in [0, 0.1) is 5.92 Å². The fraction of sp³-hybridized carbons (Fsp3) is 0.600. The molecule has 0 bridgehead atoms. The zero-order valence-electron chi connectivity index (χ0n) is 13.1. The number of nitrogens with zero attached hydrogens (tertiary/aromatic N) is 2. The normalized spacial score (nSPS) is 27.9. The van der Waals surface area contributed by atoms with Crippen LogP contribution in [0.5, 0.6) is 0 Å². The van der Waals surface area contributed by atoms with Crippen LogP contribution < -0.4 is 0 Å². The summed E-state index contributed by atoms with van der Waals surface area (Å²) in [6.45, 7) is 0. The van der Waals surface area contributed by atoms with E-state index in [1.54, 1.807) is 0 Å². The molecule has 3 rings (SSSR count). The van der Waals surface area contributed by atoms with Gasteiger partial charge in [-0.25, -0.2) is 13.4 Å². The second-order valence-electron chi connectivity index (χ2n) is 6.42. The minimum absolute atomic E-state index is 0.0425. The molecule has 1 saturated heterocycles. The Morgan fingerprint density at radius 1 is 1.24 bits per heavy atom. The summed E-state index contributed by atoms with van der Waals surface area (Å²) in [5, 5.41) is 8.86. The number of carboxylic acid groups (broad SMARTS) is 1. The minimum atomic E-state index is -4.62. The zero-order chi connectivity index (χ0) is 18.4. The van der Waals surface area contributed by atoms with Crippen molar-refractivity contribution in [2.24, 2.45) is 5.92 Å². The van der Waals surface area contributed by atoms with Gasteiger partial charge in [0.2, 0.25) is 0 Å². The molecule has 138 valence electrons. The Labute approximate surface area is 142 Å². The maximum Gasteiger partial charge on any atom is 0.417 e. The molecule has 2 aliphatic rings. The standard InChI is InChI=1S/C15H17F3N2O4S/c16-15(17,18)10-5-6-13(19-8-10)25(23,24)20-11-4-2-1-3-9(11)7-12(20)14(21)22/h5-6,8-9,11-12H,1-4,7H2,(H,21,22). The van der Waals surface area contributed by atoms with E-state index in [9.17, 15) is 31.5 Å². The van der Waals surface area contributed by atoms with Gasteiger partial charge in [0.05, 0.1) is 5.56 Å². The molecule has 1 saturated carbocycles. The fourth-order valence-corrected chi connectivity index (χ4v) is 5.57. The lowest BCUT2D eigenvalue weighted by Gasteiger charge is -2.31. The van der Waals surface area contributed by atoms with Gasteiger partial charge in [-0.3, -0.25) is 4.79 Å². The molecule has 2 heterocycles. The number of alkyl halides is 3. The van der Waals surface area contributed by atoms with Gasteiger partial charge in [0.25, 0.3) is 10.0 Å². The first-order chi connectivity index (χ1) is 11.6. The van der Waals surface area contributed by atoms with Crippen molar-refractivity contribution in [3.63, 3.8) is 0 Å². The van der Waals surface area contributed by atoms with Gasteiger partial charge in [0.15, 0.2) is 5.03 Å². The molecule has 1 aromatic heterocycles. The smallest absolute Gasteiger partial charge is 0.417 e. The van der Waals surface area contributed by atoms with E-state index in [0.717, 1.165) is 29.6 Å². The molecule has 3 atom stereocenters. The maximum atomic E-state index is 12.9. The van der Waals surface area contributed by atoms with Gasteiger partial charge < -0.3 is 5.11 Å². The summed E-state index contributed by atoms with van der Waals surface area (Å²) in [5.74, 6) is -1.29. The quantitative estimate of drug-likeness (QED) is 0.873. The number of hydrogen-bond donors (Lipinski definition) is 1. The number of halogens is 3. The Morgan fingerprint density at radius 3 is 2.48 bits per heavy atom. The molecule has 0 amide bonds. The molecular formula is C15H17F3N2O4S. The summed E-state index contributed by atoms with van der Waals surface area (Å²) >= 11 is 0. The van der Waals surface area contributed by atoms with Crippen molar-refractivity contribution < 1.29 is 31.5 Å². The molecule has 1 N–H and O–H groups in total. The molecule has 6 nitrogen and oxygen atoms in total. The van der Waals surface area contributed by atoms with Crippen molar-refractivity contribution in [2.45, 2.75) is 55.4 Å². The largest absolute Gasteiger partial charge is 0.480 e. The number of hydrogen-bond acceptors (Lipinski definition) is 4. The van der Waals surface area contributed by atoms with Gasteiger partial charge in [-0.15, -0.1) is 0 Å². The molecule has 10 heteroatoms. The molecule has 0 spiro atoms. The SMILES string of the molecule is O=C(O)C1CC2CCCCC2N1S(=O)(=O)c1ccc(C(F)(F)F)cn1. The van der Waals surface area contributed by atoms with E-state index in [4.69, 9.17) is 0 Å². The van der Waals surface area contributed by atoms with Crippen LogP contribution in [-0.2, 0) is 21.0 Å². The zero-order valence-corrected chi connectivity index (χ0v) is 13.9. The Balaban J connectivity index is 1.98. The highest BCUT2D eigenvalue weighted by atomic mass is 32.2. The van der Waals surface area contributed by atoms with E-state index in [1.165, 1.54) is 0 Å². The highest BCUT2D eigenvalue weighted by Gasteiger charge is 2.51. The Hall–Kier alpha value is -1.68. The van der Waals surface area contributed by atoms with Crippen LogP contribution in [0.3, 0.4) is 0 Å². The van der Waals surface area contributed by atoms with Crippen LogP contribution in [0.15, 0.2) is 23.4 Å². The lowest BCUT2D eigenvalue weighted by atomic mass is 9.85. The van der Waals surface area contributed by atoms with Crippen LogP contribution in [0.2, 0.25) is 0 Å². The monoisotopic (exact) mass is 378 g/mol. The topological polar surface area (TPSA) is 87.6 Å². The number of aliphatic carboxylic acids is 1. The fourth-order valence-electron chi connectivity index (χ4n) is 3.78. The van der Waals surface area contributed by atoms with Crippen LogP contribution >= 0.6 is 0 Å². The molecule has 0 radical (unpaired) electrons. The van der Waals surface area contributed by atoms with Crippen LogP contribution in [0.25, 0.3) is 0 Å². The van der Waals surface area contributed by atoms with E-state index < -0.39 is 44.8 Å². The van der Waals surface area contributed by atoms with Gasteiger partial charge in [0.1, 0.15) is 6.04 Å². The predicted octanol–water partition coefficient (Wildman–Crippen LogP) is 2.51. The van der Waals surface area contributed by atoms with Gasteiger partial charge in [0, 0.05) is 12.2 Å². The molecule has 1 aliphatic carbocycles. The number of rotatable bonds is 3. The molecule has 0 aromatic carbocycles. The van der Waals surface area contributed by atoms with Crippen molar-refractivity contribution in [3.8, 4) is 0 Å². The first kappa shape index (κ1) is 18.1. The summed E-state index contributed by atoms with van der Waals surface area (Å²) in [4.78, 5) is 15.0. The average Bonchev–Trinajstić information content (AvgIpc) is 2.94. The number of carboxylic acids is 1. The second-order valence-corrected chi connectivity index (χ2v) is 8.21. The van der Waals surface area contributed by atoms with Crippen molar-refractivity contribution in [1.29, 1.82) is 0 Å². The van der Waals surface area contributed by atoms with Gasteiger partial charge in [-0.1, -0.05) is 12.8 Å². The van der Waals surface area contributed by atoms with Gasteiger partial charge >= 0.3 is 12.1 Å². The summed E-state index contributed by atoms with van der Waals surface area (Å²) in [6, 6.07) is -0.219. The number of fused-ring (bicyclic) bond motifs is 1. The third-order valence-corrected chi connectivity index (χ3v) is 6.77. The number of sulfonamides is 1. The lowest BCUT2D eigenvalue weighted by Crippen LogP contribution is -2.46. The summed E-state index contributed by atoms with van der Waals surface area (Å²) in [5.41, 5.74) is -1.06. The first-order valence-corrected chi connectivity index (χ1v) is 9.36. The highest BCUT2D eigenvalue weighted by Crippen LogP contribution is 2.42. The summed E-state index contributed by atoms with van der Waals surface area (Å²) in [7, 11) is -4.29. The number of carbonyl (C=O) groups is 1. The van der Waals surface area contributed by atoms with Gasteiger partial charge in [-0.2, -0.15) is 17.5 Å². The molecular weight excluding hydrogens is 361 g/mol. The third kappa shape index (κ3) is 3.24. The lowest BCUT2D eigenvalue weighted by molar-refractivity contribution is -0.141. The maximum absolute atomic E-state index is 12.9. The molecule has 2 fully saturated rings. The molecule has 3 unspecified atom stereocenters. The van der Waals surface area contributed by atoms with Crippen molar-refractivity contribution in [1.82, 2.24) is 9.29 Å². The summed E-state index contributed by atoms with van der Waals surface area (Å²) in [6.07, 6.45) is -0.937. The Kier molecular flexibility index (Phi) is 4.52. The Bertz CT molecular complexity index is 764. The van der Waals surface area contributed by atoms with E-state index in [-0.39, 0.29) is 12.3 Å². The first-order valence-electron chi connectivity index (χ1n) is 7.92. The molecule has 25 heavy (non-hydrogen) atoms.